The highest BCUT2D eigenvalue weighted by Crippen LogP contribution is 2.26. The summed E-state index contributed by atoms with van der Waals surface area (Å²) in [5, 5.41) is 2.97. The van der Waals surface area contributed by atoms with Crippen LogP contribution in [0.5, 0.6) is 0 Å². The van der Waals surface area contributed by atoms with E-state index < -0.39 is 9.84 Å². The summed E-state index contributed by atoms with van der Waals surface area (Å²) in [6.45, 7) is 5.71. The van der Waals surface area contributed by atoms with E-state index in [-0.39, 0.29) is 40.4 Å². The molecule has 4 rings (SSSR count). The highest BCUT2D eigenvalue weighted by Gasteiger charge is 2.17. The van der Waals surface area contributed by atoms with E-state index in [1.807, 2.05) is 13.8 Å². The average molecular weight is 496 g/mol. The van der Waals surface area contributed by atoms with E-state index in [1.54, 1.807) is 26.2 Å². The lowest BCUT2D eigenvalue weighted by Gasteiger charge is -2.12. The minimum atomic E-state index is -3.33. The zero-order valence-corrected chi connectivity index (χ0v) is 20.5. The first-order valence-corrected chi connectivity index (χ1v) is 12.5. The number of aromatic nitrogens is 7. The van der Waals surface area contributed by atoms with Crippen molar-refractivity contribution in [3.8, 4) is 11.4 Å². The van der Waals surface area contributed by atoms with Crippen LogP contribution in [0.3, 0.4) is 0 Å². The zero-order chi connectivity index (χ0) is 25.3. The second-order valence-corrected chi connectivity index (χ2v) is 10.4. The van der Waals surface area contributed by atoms with Crippen LogP contribution >= 0.6 is 0 Å². The number of anilines is 2. The minimum absolute atomic E-state index is 0.00273. The van der Waals surface area contributed by atoms with E-state index in [4.69, 9.17) is 5.73 Å². The SMILES string of the molecule is CCS(=O)(=O)c1ccc(CNc2nc3cnc(-c4cnc(N)nc4C(C)C)nc3n(C)c2=O)nc1. The second kappa shape index (κ2) is 9.33. The molecule has 0 aliphatic rings. The van der Waals surface area contributed by atoms with Gasteiger partial charge in [-0.15, -0.1) is 0 Å². The summed E-state index contributed by atoms with van der Waals surface area (Å²) < 4.78 is 25.3. The van der Waals surface area contributed by atoms with Gasteiger partial charge in [-0.25, -0.2) is 33.3 Å². The normalized spacial score (nSPS) is 11.8. The quantitative estimate of drug-likeness (QED) is 0.382. The average Bonchev–Trinajstić information content (AvgIpc) is 2.85. The lowest BCUT2D eigenvalue weighted by molar-refractivity contribution is 0.596. The van der Waals surface area contributed by atoms with Crippen molar-refractivity contribution < 1.29 is 8.42 Å². The van der Waals surface area contributed by atoms with Crippen LogP contribution in [0.2, 0.25) is 0 Å². The summed E-state index contributed by atoms with van der Waals surface area (Å²) in [6.07, 6.45) is 4.42. The third-order valence-electron chi connectivity index (χ3n) is 5.41. The molecule has 35 heavy (non-hydrogen) atoms. The van der Waals surface area contributed by atoms with Gasteiger partial charge >= 0.3 is 0 Å². The van der Waals surface area contributed by atoms with Crippen LogP contribution in [0, 0.1) is 0 Å². The van der Waals surface area contributed by atoms with Gasteiger partial charge in [0.1, 0.15) is 5.52 Å². The first-order chi connectivity index (χ1) is 16.6. The van der Waals surface area contributed by atoms with E-state index >= 15 is 0 Å². The summed E-state index contributed by atoms with van der Waals surface area (Å²) in [5.41, 5.74) is 8.02. The molecule has 12 nitrogen and oxygen atoms in total. The predicted molar refractivity (Wildman–Crippen MR) is 131 cm³/mol. The first kappa shape index (κ1) is 24.1. The third kappa shape index (κ3) is 4.80. The Morgan fingerprint density at radius 2 is 1.83 bits per heavy atom. The predicted octanol–water partition coefficient (Wildman–Crippen LogP) is 1.69. The van der Waals surface area contributed by atoms with Crippen molar-refractivity contribution in [3.63, 3.8) is 0 Å². The van der Waals surface area contributed by atoms with Crippen molar-refractivity contribution in [3.05, 3.63) is 52.5 Å². The Morgan fingerprint density at radius 1 is 1.06 bits per heavy atom. The molecule has 4 aromatic heterocycles. The molecule has 0 aromatic carbocycles. The molecule has 0 unspecified atom stereocenters. The minimum Gasteiger partial charge on any atom is -0.368 e. The molecule has 0 saturated carbocycles. The van der Waals surface area contributed by atoms with Crippen LogP contribution in [0.15, 0.2) is 40.4 Å². The van der Waals surface area contributed by atoms with Gasteiger partial charge in [0.2, 0.25) is 5.95 Å². The molecule has 3 N–H and O–H groups in total. The molecule has 4 heterocycles. The summed E-state index contributed by atoms with van der Waals surface area (Å²) in [7, 11) is -1.73. The molecule has 0 amide bonds. The monoisotopic (exact) mass is 495 g/mol. The Hall–Kier alpha value is -4.00. The standard InChI is InChI=1S/C22H25N9O3S/c1-5-35(33,34)14-7-6-13(24-9-14)8-25-19-21(32)31(4)20-16(28-19)11-26-18(30-20)15-10-27-22(23)29-17(15)12(2)3/h6-7,9-12H,5,8H2,1-4H3,(H,25,28)(H2,23,27,29). The van der Waals surface area contributed by atoms with Gasteiger partial charge in [0, 0.05) is 19.4 Å². The van der Waals surface area contributed by atoms with Gasteiger partial charge in [-0.1, -0.05) is 20.8 Å². The van der Waals surface area contributed by atoms with E-state index in [0.717, 1.165) is 0 Å². The van der Waals surface area contributed by atoms with Crippen LogP contribution in [0.1, 0.15) is 38.1 Å². The molecule has 182 valence electrons. The molecule has 0 radical (unpaired) electrons. The molecule has 0 saturated heterocycles. The van der Waals surface area contributed by atoms with E-state index in [9.17, 15) is 13.2 Å². The number of nitrogens with two attached hydrogens (primary N) is 1. The number of nitrogen functional groups attached to an aromatic ring is 1. The van der Waals surface area contributed by atoms with Crippen LogP contribution in [-0.2, 0) is 23.4 Å². The molecule has 13 heteroatoms. The number of hydrogen-bond donors (Lipinski definition) is 2. The Bertz CT molecular complexity index is 1570. The van der Waals surface area contributed by atoms with Crippen LogP contribution in [0.25, 0.3) is 22.6 Å². The number of rotatable bonds is 7. The lowest BCUT2D eigenvalue weighted by Crippen LogP contribution is -2.24. The number of sulfone groups is 1. The van der Waals surface area contributed by atoms with Crippen molar-refractivity contribution >= 4 is 32.8 Å². The van der Waals surface area contributed by atoms with Crippen molar-refractivity contribution in [2.75, 3.05) is 16.8 Å². The number of hydrogen-bond acceptors (Lipinski definition) is 11. The fourth-order valence-corrected chi connectivity index (χ4v) is 4.24. The third-order valence-corrected chi connectivity index (χ3v) is 7.13. The Morgan fingerprint density at radius 3 is 2.49 bits per heavy atom. The highest BCUT2D eigenvalue weighted by atomic mass is 32.2. The Labute approximate surface area is 201 Å². The molecule has 4 aromatic rings. The highest BCUT2D eigenvalue weighted by molar-refractivity contribution is 7.91. The fourth-order valence-electron chi connectivity index (χ4n) is 3.42. The van der Waals surface area contributed by atoms with Crippen molar-refractivity contribution in [2.24, 2.45) is 7.05 Å². The van der Waals surface area contributed by atoms with Gasteiger partial charge in [-0.05, 0) is 18.1 Å². The zero-order valence-electron chi connectivity index (χ0n) is 19.7. The van der Waals surface area contributed by atoms with E-state index in [2.05, 4.69) is 35.2 Å². The van der Waals surface area contributed by atoms with Crippen LogP contribution in [-0.4, -0.2) is 48.6 Å². The van der Waals surface area contributed by atoms with E-state index in [0.29, 0.717) is 33.9 Å². The van der Waals surface area contributed by atoms with Gasteiger partial charge < -0.3 is 11.1 Å². The maximum atomic E-state index is 12.9. The molecule has 0 atom stereocenters. The number of fused-ring (bicyclic) bond motifs is 1. The maximum Gasteiger partial charge on any atom is 0.294 e. The number of nitrogens with zero attached hydrogens (tertiary/aromatic N) is 7. The summed E-state index contributed by atoms with van der Waals surface area (Å²) in [4.78, 5) is 39.0. The molecular formula is C22H25N9O3S. The van der Waals surface area contributed by atoms with Gasteiger partial charge in [-0.3, -0.25) is 14.3 Å². The molecule has 0 aliphatic heterocycles. The van der Waals surface area contributed by atoms with Gasteiger partial charge in [-0.2, -0.15) is 0 Å². The molecular weight excluding hydrogens is 470 g/mol. The summed E-state index contributed by atoms with van der Waals surface area (Å²) in [5.74, 6) is 0.691. The largest absolute Gasteiger partial charge is 0.368 e. The number of aryl methyl sites for hydroxylation is 1. The van der Waals surface area contributed by atoms with Crippen LogP contribution in [0.4, 0.5) is 11.8 Å². The molecule has 0 aliphatic carbocycles. The first-order valence-electron chi connectivity index (χ1n) is 10.9. The molecule has 0 fully saturated rings. The lowest BCUT2D eigenvalue weighted by atomic mass is 10.0. The molecule has 0 bridgehead atoms. The summed E-state index contributed by atoms with van der Waals surface area (Å²) >= 11 is 0. The second-order valence-electron chi connectivity index (χ2n) is 8.15. The fraction of sp³-hybridized carbons (Fsp3) is 0.318. The maximum absolute atomic E-state index is 12.9. The van der Waals surface area contributed by atoms with Crippen molar-refractivity contribution in [1.29, 1.82) is 0 Å². The van der Waals surface area contributed by atoms with Gasteiger partial charge in [0.25, 0.3) is 5.56 Å². The Balaban J connectivity index is 1.64. The number of pyridine rings is 1. The van der Waals surface area contributed by atoms with Crippen molar-refractivity contribution in [1.82, 2.24) is 34.5 Å². The molecule has 0 spiro atoms. The Kier molecular flexibility index (Phi) is 6.43. The van der Waals surface area contributed by atoms with Gasteiger partial charge in [0.05, 0.1) is 40.3 Å². The number of nitrogens with one attached hydrogen (secondary N) is 1. The smallest absolute Gasteiger partial charge is 0.294 e. The summed E-state index contributed by atoms with van der Waals surface area (Å²) in [6, 6.07) is 3.09. The van der Waals surface area contributed by atoms with Gasteiger partial charge in [0.15, 0.2) is 27.1 Å². The van der Waals surface area contributed by atoms with Crippen molar-refractivity contribution in [2.45, 2.75) is 38.1 Å². The topological polar surface area (TPSA) is 172 Å². The van der Waals surface area contributed by atoms with Crippen LogP contribution < -0.4 is 16.6 Å². The van der Waals surface area contributed by atoms with E-state index in [1.165, 1.54) is 23.0 Å².